The zero-order valence-electron chi connectivity index (χ0n) is 14.2. The average molecular weight is 406 g/mol. The largest absolute Gasteiger partial charge is 0.440 e. The third-order valence-electron chi connectivity index (χ3n) is 4.51. The zero-order valence-corrected chi connectivity index (χ0v) is 16.6. The van der Waals surface area contributed by atoms with Gasteiger partial charge in [0.25, 0.3) is 0 Å². The van der Waals surface area contributed by atoms with Crippen LogP contribution in [0.3, 0.4) is 0 Å². The van der Waals surface area contributed by atoms with Gasteiger partial charge >= 0.3 is 0 Å². The van der Waals surface area contributed by atoms with Crippen molar-refractivity contribution in [3.05, 3.63) is 29.0 Å². The lowest BCUT2D eigenvalue weighted by atomic mass is 9.84. The number of nitrogens with one attached hydrogen (secondary N) is 1. The Kier molecular flexibility index (Phi) is 8.93. The Hall–Kier alpha value is -1.08. The van der Waals surface area contributed by atoms with E-state index in [-0.39, 0.29) is 43.2 Å². The van der Waals surface area contributed by atoms with Crippen LogP contribution in [0, 0.1) is 12.8 Å². The van der Waals surface area contributed by atoms with Crippen LogP contribution >= 0.6 is 36.2 Å². The molecule has 1 aliphatic rings. The summed E-state index contributed by atoms with van der Waals surface area (Å²) in [6, 6.07) is 4.13. The van der Waals surface area contributed by atoms with E-state index in [9.17, 15) is 4.79 Å². The van der Waals surface area contributed by atoms with Crippen LogP contribution in [0.1, 0.15) is 37.1 Å². The van der Waals surface area contributed by atoms with Gasteiger partial charge in [-0.25, -0.2) is 4.98 Å². The lowest BCUT2D eigenvalue weighted by molar-refractivity contribution is -0.121. The maximum atomic E-state index is 12.4. The van der Waals surface area contributed by atoms with Crippen molar-refractivity contribution < 1.29 is 9.21 Å². The maximum Gasteiger partial charge on any atom is 0.236 e. The molecule has 2 atom stereocenters. The van der Waals surface area contributed by atoms with Crippen molar-refractivity contribution in [1.29, 1.82) is 0 Å². The molecule has 0 bridgehead atoms. The summed E-state index contributed by atoms with van der Waals surface area (Å²) in [6.07, 6.45) is 4.75. The number of hydrogen-bond donors (Lipinski definition) is 2. The Labute approximate surface area is 164 Å². The lowest BCUT2D eigenvalue weighted by Crippen LogP contribution is -2.45. The van der Waals surface area contributed by atoms with Gasteiger partial charge in [0, 0.05) is 6.04 Å². The molecule has 1 saturated carbocycles. The molecule has 1 fully saturated rings. The van der Waals surface area contributed by atoms with Gasteiger partial charge in [0.2, 0.25) is 11.8 Å². The van der Waals surface area contributed by atoms with E-state index in [1.807, 2.05) is 24.4 Å². The van der Waals surface area contributed by atoms with Crippen molar-refractivity contribution in [1.82, 2.24) is 10.3 Å². The summed E-state index contributed by atoms with van der Waals surface area (Å²) in [4.78, 5) is 17.8. The van der Waals surface area contributed by atoms with Crippen LogP contribution in [0.5, 0.6) is 0 Å². The number of nitrogens with zero attached hydrogens (tertiary/aromatic N) is 1. The molecule has 1 aliphatic carbocycles. The highest BCUT2D eigenvalue weighted by atomic mass is 35.5. The van der Waals surface area contributed by atoms with Crippen molar-refractivity contribution in [2.24, 2.45) is 11.7 Å². The van der Waals surface area contributed by atoms with Crippen molar-refractivity contribution in [2.45, 2.75) is 45.1 Å². The maximum absolute atomic E-state index is 12.4. The molecule has 2 unspecified atom stereocenters. The summed E-state index contributed by atoms with van der Waals surface area (Å²) in [6.45, 7) is 2.49. The van der Waals surface area contributed by atoms with Gasteiger partial charge in [-0.1, -0.05) is 18.9 Å². The second kappa shape index (κ2) is 10.2. The summed E-state index contributed by atoms with van der Waals surface area (Å²) in [5, 5.41) is 5.13. The zero-order chi connectivity index (χ0) is 16.2. The number of aryl methyl sites for hydroxylation is 1. The Balaban J connectivity index is 0.00000156. The van der Waals surface area contributed by atoms with Crippen molar-refractivity contribution >= 4 is 42.1 Å². The molecule has 3 rings (SSSR count). The summed E-state index contributed by atoms with van der Waals surface area (Å²) < 4.78 is 5.69. The van der Waals surface area contributed by atoms with Crippen LogP contribution in [0.2, 0.25) is 0 Å². The fourth-order valence-electron chi connectivity index (χ4n) is 3.19. The Bertz CT molecular complexity index is 661. The van der Waals surface area contributed by atoms with Crippen LogP contribution < -0.4 is 11.1 Å². The van der Waals surface area contributed by atoms with E-state index < -0.39 is 0 Å². The highest BCUT2D eigenvalue weighted by Crippen LogP contribution is 2.26. The predicted molar refractivity (Wildman–Crippen MR) is 106 cm³/mol. The van der Waals surface area contributed by atoms with Gasteiger partial charge in [0.1, 0.15) is 5.76 Å². The lowest BCUT2D eigenvalue weighted by Gasteiger charge is -2.31. The Morgan fingerprint density at radius 1 is 1.40 bits per heavy atom. The fraction of sp³-hybridized carbons (Fsp3) is 0.529. The van der Waals surface area contributed by atoms with Crippen LogP contribution in [0.4, 0.5) is 0 Å². The third kappa shape index (κ3) is 5.45. The molecule has 2 aromatic heterocycles. The van der Waals surface area contributed by atoms with Gasteiger partial charge in [-0.2, -0.15) is 0 Å². The van der Waals surface area contributed by atoms with Gasteiger partial charge < -0.3 is 15.5 Å². The molecular weight excluding hydrogens is 381 g/mol. The molecule has 8 heteroatoms. The van der Waals surface area contributed by atoms with Gasteiger partial charge in [0.05, 0.1) is 17.0 Å². The first kappa shape index (κ1) is 22.0. The van der Waals surface area contributed by atoms with Gasteiger partial charge in [-0.05, 0) is 43.7 Å². The van der Waals surface area contributed by atoms with Gasteiger partial charge in [-0.3, -0.25) is 4.79 Å². The van der Waals surface area contributed by atoms with Crippen molar-refractivity contribution in [3.8, 4) is 10.8 Å². The fourth-order valence-corrected chi connectivity index (χ4v) is 3.84. The molecule has 0 saturated heterocycles. The number of nitrogens with two attached hydrogens (primary N) is 1. The third-order valence-corrected chi connectivity index (χ3v) is 5.37. The smallest absolute Gasteiger partial charge is 0.236 e. The van der Waals surface area contributed by atoms with E-state index >= 15 is 0 Å². The standard InChI is InChI=1S/C17H23N3O2S.2ClH/c1-11-14(20-17(22-11)15-7-4-8-23-15)9-16(21)19-13-6-3-2-5-12(13)10-18;;/h4,7-8,12-13H,2-3,5-6,9-10,18H2,1H3,(H,19,21);2*1H. The van der Waals surface area contributed by atoms with Crippen LogP contribution in [0.25, 0.3) is 10.8 Å². The second-order valence-electron chi connectivity index (χ2n) is 6.13. The molecule has 140 valence electrons. The highest BCUT2D eigenvalue weighted by Gasteiger charge is 2.26. The number of thiophene rings is 1. The molecule has 0 aromatic carbocycles. The second-order valence-corrected chi connectivity index (χ2v) is 7.08. The molecule has 3 N–H and O–H groups in total. The Morgan fingerprint density at radius 3 is 2.84 bits per heavy atom. The first-order valence-electron chi connectivity index (χ1n) is 8.17. The van der Waals surface area contributed by atoms with E-state index in [0.29, 0.717) is 29.8 Å². The first-order valence-corrected chi connectivity index (χ1v) is 9.05. The number of amides is 1. The van der Waals surface area contributed by atoms with Gasteiger partial charge in [-0.15, -0.1) is 36.2 Å². The van der Waals surface area contributed by atoms with Crippen LogP contribution in [-0.2, 0) is 11.2 Å². The number of carbonyl (C=O) groups excluding carboxylic acids is 1. The van der Waals surface area contributed by atoms with E-state index in [1.165, 1.54) is 6.42 Å². The molecular formula is C17H25Cl2N3O2S. The minimum absolute atomic E-state index is 0. The van der Waals surface area contributed by atoms with E-state index in [4.69, 9.17) is 10.2 Å². The minimum atomic E-state index is 0. The van der Waals surface area contributed by atoms with E-state index in [2.05, 4.69) is 10.3 Å². The Morgan fingerprint density at radius 2 is 2.16 bits per heavy atom. The van der Waals surface area contributed by atoms with Crippen LogP contribution in [0.15, 0.2) is 21.9 Å². The number of carbonyl (C=O) groups is 1. The molecule has 25 heavy (non-hydrogen) atoms. The summed E-state index contributed by atoms with van der Waals surface area (Å²) >= 11 is 1.58. The summed E-state index contributed by atoms with van der Waals surface area (Å²) in [5.74, 6) is 1.71. The number of halogens is 2. The van der Waals surface area contributed by atoms with Crippen molar-refractivity contribution in [2.75, 3.05) is 6.54 Å². The summed E-state index contributed by atoms with van der Waals surface area (Å²) in [7, 11) is 0. The minimum Gasteiger partial charge on any atom is -0.440 e. The van der Waals surface area contributed by atoms with E-state index in [0.717, 1.165) is 24.1 Å². The number of hydrogen-bond acceptors (Lipinski definition) is 5. The molecule has 0 spiro atoms. The SMILES string of the molecule is Cc1oc(-c2cccs2)nc1CC(=O)NC1CCCCC1CN.Cl.Cl. The summed E-state index contributed by atoms with van der Waals surface area (Å²) in [5.41, 5.74) is 6.54. The molecule has 0 radical (unpaired) electrons. The topological polar surface area (TPSA) is 81.2 Å². The highest BCUT2D eigenvalue weighted by molar-refractivity contribution is 7.13. The quantitative estimate of drug-likeness (QED) is 0.793. The van der Waals surface area contributed by atoms with Crippen molar-refractivity contribution in [3.63, 3.8) is 0 Å². The number of rotatable bonds is 5. The average Bonchev–Trinajstić information content (AvgIpc) is 3.18. The van der Waals surface area contributed by atoms with E-state index in [1.54, 1.807) is 11.3 Å². The monoisotopic (exact) mass is 405 g/mol. The first-order chi connectivity index (χ1) is 11.2. The van der Waals surface area contributed by atoms with Gasteiger partial charge in [0.15, 0.2) is 0 Å². The molecule has 1 amide bonds. The predicted octanol–water partition coefficient (Wildman–Crippen LogP) is 3.73. The normalized spacial score (nSPS) is 19.6. The molecule has 2 heterocycles. The molecule has 5 nitrogen and oxygen atoms in total. The van der Waals surface area contributed by atoms with Crippen LogP contribution in [-0.4, -0.2) is 23.5 Å². The molecule has 0 aliphatic heterocycles. The molecule has 2 aromatic rings. The number of oxazole rings is 1. The number of aromatic nitrogens is 1.